The maximum atomic E-state index is 12.2. The highest BCUT2D eigenvalue weighted by Crippen LogP contribution is 2.29. The molecule has 0 aromatic heterocycles. The average molecular weight is 301 g/mol. The van der Waals surface area contributed by atoms with Crippen molar-refractivity contribution in [2.75, 3.05) is 20.8 Å². The van der Waals surface area contributed by atoms with Gasteiger partial charge in [0.05, 0.1) is 25.7 Å². The Morgan fingerprint density at radius 2 is 1.95 bits per heavy atom. The summed E-state index contributed by atoms with van der Waals surface area (Å²) in [4.78, 5) is 11.3. The first-order valence-electron chi connectivity index (χ1n) is 5.89. The van der Waals surface area contributed by atoms with E-state index >= 15 is 0 Å². The fourth-order valence-electron chi connectivity index (χ4n) is 1.84. The third-order valence-corrected chi connectivity index (χ3v) is 4.37. The van der Waals surface area contributed by atoms with Crippen LogP contribution in [0.3, 0.4) is 0 Å². The quantitative estimate of drug-likeness (QED) is 0.786. The van der Waals surface area contributed by atoms with Crippen LogP contribution in [0.25, 0.3) is 0 Å². The maximum Gasteiger partial charge on any atom is 0.324 e. The molecule has 1 aromatic carbocycles. The molecule has 8 heteroatoms. The lowest BCUT2D eigenvalue weighted by molar-refractivity contribution is -0.139. The fourth-order valence-corrected chi connectivity index (χ4v) is 3.08. The number of cyclic esters (lactones) is 1. The molecule has 1 fully saturated rings. The summed E-state index contributed by atoms with van der Waals surface area (Å²) in [6, 6.07) is 3.36. The Hall–Kier alpha value is -1.80. The molecule has 1 saturated heterocycles. The molecule has 1 atom stereocenters. The Morgan fingerprint density at radius 3 is 2.50 bits per heavy atom. The van der Waals surface area contributed by atoms with E-state index in [9.17, 15) is 13.2 Å². The number of carbonyl (C=O) groups is 1. The van der Waals surface area contributed by atoms with Gasteiger partial charge in [-0.05, 0) is 12.1 Å². The second-order valence-electron chi connectivity index (χ2n) is 4.15. The van der Waals surface area contributed by atoms with Crippen LogP contribution in [0.2, 0.25) is 0 Å². The highest BCUT2D eigenvalue weighted by Gasteiger charge is 2.31. The van der Waals surface area contributed by atoms with Crippen molar-refractivity contribution in [2.45, 2.75) is 17.4 Å². The van der Waals surface area contributed by atoms with Gasteiger partial charge in [-0.3, -0.25) is 4.79 Å². The minimum absolute atomic E-state index is 0.00477. The van der Waals surface area contributed by atoms with E-state index in [1.807, 2.05) is 0 Å². The summed E-state index contributed by atoms with van der Waals surface area (Å²) in [5.74, 6) is 0.158. The summed E-state index contributed by atoms with van der Waals surface area (Å²) in [6.45, 7) is 0.220. The number of benzene rings is 1. The summed E-state index contributed by atoms with van der Waals surface area (Å²) >= 11 is 0. The van der Waals surface area contributed by atoms with E-state index in [1.165, 1.54) is 32.4 Å². The molecule has 0 spiro atoms. The lowest BCUT2D eigenvalue weighted by atomic mass is 10.3. The second-order valence-corrected chi connectivity index (χ2v) is 5.86. The van der Waals surface area contributed by atoms with Crippen LogP contribution >= 0.6 is 0 Å². The normalized spacial score (nSPS) is 18.7. The van der Waals surface area contributed by atoms with Gasteiger partial charge < -0.3 is 14.2 Å². The number of rotatable bonds is 5. The van der Waals surface area contributed by atoms with Crippen molar-refractivity contribution < 1.29 is 27.4 Å². The third kappa shape index (κ3) is 2.86. The van der Waals surface area contributed by atoms with Crippen LogP contribution in [0.5, 0.6) is 11.5 Å². The van der Waals surface area contributed by atoms with Gasteiger partial charge >= 0.3 is 5.97 Å². The van der Waals surface area contributed by atoms with Gasteiger partial charge in [-0.1, -0.05) is 0 Å². The molecule has 0 amide bonds. The molecular formula is C12H15NO6S. The monoisotopic (exact) mass is 301 g/mol. The fraction of sp³-hybridized carbons (Fsp3) is 0.417. The van der Waals surface area contributed by atoms with Crippen LogP contribution in [-0.4, -0.2) is 41.3 Å². The molecule has 0 aliphatic carbocycles. The molecule has 1 N–H and O–H groups in total. The van der Waals surface area contributed by atoms with Crippen LogP contribution in [-0.2, 0) is 19.6 Å². The van der Waals surface area contributed by atoms with Gasteiger partial charge in [0.2, 0.25) is 10.0 Å². The molecule has 1 unspecified atom stereocenters. The van der Waals surface area contributed by atoms with Gasteiger partial charge in [0.15, 0.2) is 11.5 Å². The van der Waals surface area contributed by atoms with Crippen LogP contribution in [0.4, 0.5) is 0 Å². The number of carbonyl (C=O) groups excluding carboxylic acids is 1. The first-order valence-corrected chi connectivity index (χ1v) is 7.37. The molecule has 0 saturated carbocycles. The Morgan fingerprint density at radius 1 is 1.25 bits per heavy atom. The van der Waals surface area contributed by atoms with Gasteiger partial charge in [-0.25, -0.2) is 8.42 Å². The third-order valence-electron chi connectivity index (χ3n) is 2.90. The van der Waals surface area contributed by atoms with Crippen molar-refractivity contribution in [3.63, 3.8) is 0 Å². The first-order chi connectivity index (χ1) is 9.47. The molecule has 1 aliphatic heterocycles. The highest BCUT2D eigenvalue weighted by atomic mass is 32.2. The number of ether oxygens (including phenoxy) is 3. The minimum Gasteiger partial charge on any atom is -0.493 e. The maximum absolute atomic E-state index is 12.2. The van der Waals surface area contributed by atoms with Gasteiger partial charge in [0.25, 0.3) is 0 Å². The van der Waals surface area contributed by atoms with E-state index in [1.54, 1.807) is 0 Å². The molecule has 110 valence electrons. The number of methoxy groups -OCH3 is 2. The highest BCUT2D eigenvalue weighted by molar-refractivity contribution is 7.89. The Kier molecular flexibility index (Phi) is 4.15. The Balaban J connectivity index is 2.27. The van der Waals surface area contributed by atoms with Gasteiger partial charge in [-0.2, -0.15) is 4.72 Å². The number of hydrogen-bond acceptors (Lipinski definition) is 6. The van der Waals surface area contributed by atoms with Crippen LogP contribution in [0.15, 0.2) is 23.1 Å². The van der Waals surface area contributed by atoms with Crippen LogP contribution in [0.1, 0.15) is 6.42 Å². The molecule has 20 heavy (non-hydrogen) atoms. The molecule has 1 heterocycles. The molecule has 1 aliphatic rings. The number of nitrogens with one attached hydrogen (secondary N) is 1. The Labute approximate surface area is 116 Å². The zero-order valence-corrected chi connectivity index (χ0v) is 11.9. The molecule has 0 radical (unpaired) electrons. The molecule has 7 nitrogen and oxygen atoms in total. The number of sulfonamides is 1. The number of esters is 1. The van der Waals surface area contributed by atoms with Crippen LogP contribution in [0, 0.1) is 0 Å². The van der Waals surface area contributed by atoms with E-state index in [2.05, 4.69) is 4.72 Å². The van der Waals surface area contributed by atoms with Crippen molar-refractivity contribution in [1.29, 1.82) is 0 Å². The van der Waals surface area contributed by atoms with Crippen molar-refractivity contribution >= 4 is 16.0 Å². The summed E-state index contributed by atoms with van der Waals surface area (Å²) in [6.07, 6.45) is 0.325. The number of hydrogen-bond donors (Lipinski definition) is 1. The van der Waals surface area contributed by atoms with E-state index in [0.29, 0.717) is 17.9 Å². The summed E-state index contributed by atoms with van der Waals surface area (Å²) in [5, 5.41) is 0. The topological polar surface area (TPSA) is 90.9 Å². The summed E-state index contributed by atoms with van der Waals surface area (Å²) in [7, 11) is -0.951. The zero-order valence-electron chi connectivity index (χ0n) is 11.1. The van der Waals surface area contributed by atoms with E-state index in [0.717, 1.165) is 0 Å². The molecule has 0 bridgehead atoms. The predicted molar refractivity (Wildman–Crippen MR) is 69.2 cm³/mol. The summed E-state index contributed by atoms with van der Waals surface area (Å²) < 4.78 is 41.5. The standard InChI is InChI=1S/C12H15NO6S/c1-17-10-4-3-8(7-11(10)18-2)20(15,16)13-9-5-6-19-12(9)14/h3-4,7,9,13H,5-6H2,1-2H3. The van der Waals surface area contributed by atoms with Crippen molar-refractivity contribution in [1.82, 2.24) is 4.72 Å². The van der Waals surface area contributed by atoms with Gasteiger partial charge in [0.1, 0.15) is 6.04 Å². The minimum atomic E-state index is -3.82. The van der Waals surface area contributed by atoms with Crippen molar-refractivity contribution in [2.24, 2.45) is 0 Å². The summed E-state index contributed by atoms with van der Waals surface area (Å²) in [5.41, 5.74) is 0. The SMILES string of the molecule is COc1ccc(S(=O)(=O)NC2CCOC2=O)cc1OC. The van der Waals surface area contributed by atoms with Crippen molar-refractivity contribution in [3.05, 3.63) is 18.2 Å². The zero-order chi connectivity index (χ0) is 14.8. The van der Waals surface area contributed by atoms with Crippen molar-refractivity contribution in [3.8, 4) is 11.5 Å². The smallest absolute Gasteiger partial charge is 0.324 e. The second kappa shape index (κ2) is 5.68. The Bertz CT molecular complexity index is 612. The van der Waals surface area contributed by atoms with Gasteiger partial charge in [0, 0.05) is 12.5 Å². The lowest BCUT2D eigenvalue weighted by Gasteiger charge is -2.12. The first kappa shape index (κ1) is 14.6. The largest absolute Gasteiger partial charge is 0.493 e. The van der Waals surface area contributed by atoms with E-state index in [-0.39, 0.29) is 11.5 Å². The van der Waals surface area contributed by atoms with Crippen LogP contribution < -0.4 is 14.2 Å². The molecule has 1 aromatic rings. The average Bonchev–Trinajstić information content (AvgIpc) is 2.82. The molecular weight excluding hydrogens is 286 g/mol. The van der Waals surface area contributed by atoms with Gasteiger partial charge in [-0.15, -0.1) is 0 Å². The predicted octanol–water partition coefficient (Wildman–Crippen LogP) is 0.298. The lowest BCUT2D eigenvalue weighted by Crippen LogP contribution is -2.37. The van der Waals surface area contributed by atoms with E-state index in [4.69, 9.17) is 14.2 Å². The van der Waals surface area contributed by atoms with E-state index < -0.39 is 22.0 Å². The molecule has 2 rings (SSSR count).